The summed E-state index contributed by atoms with van der Waals surface area (Å²) in [5, 5.41) is 20.4. The molecule has 0 amide bonds. The lowest BCUT2D eigenvalue weighted by atomic mass is 10.1. The number of ether oxygens (including phenoxy) is 2. The molecule has 13 nitrogen and oxygen atoms in total. The van der Waals surface area contributed by atoms with Gasteiger partial charge in [0.25, 0.3) is 11.4 Å². The fourth-order valence-electron chi connectivity index (χ4n) is 2.76. The molecule has 0 fully saturated rings. The lowest BCUT2D eigenvalue weighted by molar-refractivity contribution is -0.183. The normalized spacial score (nSPS) is 11.1. The molecule has 0 unspecified atom stereocenters. The lowest BCUT2D eigenvalue weighted by Gasteiger charge is -2.18. The molecular formula is C22H20Cl2N6O7. The first-order chi connectivity index (χ1) is 17.3. The highest BCUT2D eigenvalue weighted by molar-refractivity contribution is 6.37. The van der Waals surface area contributed by atoms with Crippen molar-refractivity contribution in [1.82, 2.24) is 25.0 Å². The van der Waals surface area contributed by atoms with Crippen LogP contribution in [-0.2, 0) is 9.62 Å². The molecule has 0 spiro atoms. The highest BCUT2D eigenvalue weighted by atomic mass is 35.5. The zero-order valence-corrected chi connectivity index (χ0v) is 21.7. The Bertz CT molecular complexity index is 1480. The Hall–Kier alpha value is -4.15. The Balaban J connectivity index is 1.88. The zero-order valence-electron chi connectivity index (χ0n) is 20.2. The van der Waals surface area contributed by atoms with E-state index in [2.05, 4.69) is 20.2 Å². The number of H-pyrrole nitrogens is 1. The molecule has 0 saturated heterocycles. The van der Waals surface area contributed by atoms with Crippen molar-refractivity contribution in [3.8, 4) is 29.3 Å². The molecule has 194 valence electrons. The van der Waals surface area contributed by atoms with Crippen LogP contribution in [0.2, 0.25) is 10.0 Å². The van der Waals surface area contributed by atoms with Crippen LogP contribution in [0.3, 0.4) is 0 Å². The maximum atomic E-state index is 12.2. The summed E-state index contributed by atoms with van der Waals surface area (Å²) in [7, 11) is 0. The summed E-state index contributed by atoms with van der Waals surface area (Å²) >= 11 is 12.7. The second-order valence-corrected chi connectivity index (χ2v) is 9.52. The van der Waals surface area contributed by atoms with Gasteiger partial charge in [0.1, 0.15) is 11.7 Å². The number of carbonyl (C=O) groups excluding carboxylic acids is 1. The maximum absolute atomic E-state index is 12.2. The molecule has 3 aromatic rings. The van der Waals surface area contributed by atoms with Crippen molar-refractivity contribution in [3.05, 3.63) is 60.3 Å². The number of hydrogen-bond donors (Lipinski definition) is 1. The number of rotatable bonds is 6. The second-order valence-electron chi connectivity index (χ2n) is 8.70. The van der Waals surface area contributed by atoms with E-state index >= 15 is 0 Å². The minimum absolute atomic E-state index is 0.0176. The van der Waals surface area contributed by atoms with Crippen molar-refractivity contribution in [3.63, 3.8) is 0 Å². The van der Waals surface area contributed by atoms with Gasteiger partial charge in [-0.15, -0.1) is 15.3 Å². The van der Waals surface area contributed by atoms with Gasteiger partial charge in [0, 0.05) is 11.6 Å². The Morgan fingerprint density at radius 3 is 2.35 bits per heavy atom. The van der Waals surface area contributed by atoms with Crippen molar-refractivity contribution >= 4 is 29.4 Å². The maximum Gasteiger partial charge on any atom is 0.550 e. The van der Waals surface area contributed by atoms with Gasteiger partial charge >= 0.3 is 11.8 Å². The lowest BCUT2D eigenvalue weighted by Crippen LogP contribution is -2.33. The van der Waals surface area contributed by atoms with Crippen LogP contribution in [-0.4, -0.2) is 36.7 Å². The number of nitrogens with one attached hydrogen (secondary N) is 1. The molecule has 37 heavy (non-hydrogen) atoms. The third-order valence-corrected chi connectivity index (χ3v) is 4.90. The van der Waals surface area contributed by atoms with E-state index in [1.54, 1.807) is 26.8 Å². The molecule has 2 aromatic heterocycles. The number of hydrogen-bond acceptors (Lipinski definition) is 11. The molecule has 0 bridgehead atoms. The molecular weight excluding hydrogens is 531 g/mol. The predicted molar refractivity (Wildman–Crippen MR) is 129 cm³/mol. The van der Waals surface area contributed by atoms with Gasteiger partial charge in [-0.3, -0.25) is 14.7 Å². The Morgan fingerprint density at radius 1 is 1.14 bits per heavy atom. The van der Waals surface area contributed by atoms with Crippen LogP contribution in [0.15, 0.2) is 27.8 Å². The van der Waals surface area contributed by atoms with E-state index in [1.807, 2.05) is 18.8 Å². The van der Waals surface area contributed by atoms with Gasteiger partial charge in [0.2, 0.25) is 11.6 Å². The number of aromatic nitrogens is 5. The van der Waals surface area contributed by atoms with Gasteiger partial charge in [0.15, 0.2) is 5.75 Å². The smallest absolute Gasteiger partial charge is 0.434 e. The number of carbonyl (C=O) groups is 1. The number of nitriles is 1. The Kier molecular flexibility index (Phi) is 8.05. The highest BCUT2D eigenvalue weighted by Gasteiger charge is 2.22. The highest BCUT2D eigenvalue weighted by Crippen LogP contribution is 2.38. The Labute approximate surface area is 219 Å². The van der Waals surface area contributed by atoms with Gasteiger partial charge in [-0.05, 0) is 38.8 Å². The molecule has 0 aliphatic heterocycles. The van der Waals surface area contributed by atoms with E-state index < -0.39 is 28.7 Å². The Morgan fingerprint density at radius 2 is 1.78 bits per heavy atom. The monoisotopic (exact) mass is 550 g/mol. The van der Waals surface area contributed by atoms with E-state index in [0.29, 0.717) is 5.56 Å². The van der Waals surface area contributed by atoms with Gasteiger partial charge in [-0.1, -0.05) is 37.0 Å². The second kappa shape index (κ2) is 10.9. The molecule has 0 atom stereocenters. The van der Waals surface area contributed by atoms with Crippen LogP contribution in [0.1, 0.15) is 51.8 Å². The minimum Gasteiger partial charge on any atom is -0.434 e. The average Bonchev–Trinajstić information content (AvgIpc) is 2.79. The van der Waals surface area contributed by atoms with Gasteiger partial charge < -0.3 is 9.47 Å². The van der Waals surface area contributed by atoms with Gasteiger partial charge in [-0.2, -0.15) is 14.7 Å². The zero-order chi connectivity index (χ0) is 27.5. The third kappa shape index (κ3) is 6.75. The van der Waals surface area contributed by atoms with E-state index in [4.69, 9.17) is 42.8 Å². The average molecular weight is 551 g/mol. The van der Waals surface area contributed by atoms with E-state index in [9.17, 15) is 14.4 Å². The summed E-state index contributed by atoms with van der Waals surface area (Å²) in [6, 6.07) is 5.65. The number of nitrogens with zero attached hydrogens (tertiary/aromatic N) is 5. The third-order valence-electron chi connectivity index (χ3n) is 4.33. The van der Waals surface area contributed by atoms with Crippen molar-refractivity contribution in [1.29, 1.82) is 5.26 Å². The SMILES string of the molecule is CC(C)c1cc(Oc2c(Cl)cc(-n3nc(C#N)c(=O)[nH]c3=O)cc2Cl)nnc1OOC(=O)OC(C)(C)C. The predicted octanol–water partition coefficient (Wildman–Crippen LogP) is 4.05. The molecule has 1 N–H and O–H groups in total. The molecule has 1 aromatic carbocycles. The van der Waals surface area contributed by atoms with E-state index in [1.165, 1.54) is 18.2 Å². The van der Waals surface area contributed by atoms with Crippen molar-refractivity contribution in [2.75, 3.05) is 0 Å². The van der Waals surface area contributed by atoms with Crippen molar-refractivity contribution < 1.29 is 24.0 Å². The summed E-state index contributed by atoms with van der Waals surface area (Å²) in [5.74, 6) is -0.280. The van der Waals surface area contributed by atoms with Gasteiger partial charge in [-0.25, -0.2) is 9.68 Å². The summed E-state index contributed by atoms with van der Waals surface area (Å²) in [5.41, 5.74) is -2.59. The molecule has 0 radical (unpaired) electrons. The summed E-state index contributed by atoms with van der Waals surface area (Å²) in [6.07, 6.45) is -1.05. The van der Waals surface area contributed by atoms with Crippen molar-refractivity contribution in [2.45, 2.75) is 46.1 Å². The number of benzene rings is 1. The quantitative estimate of drug-likeness (QED) is 0.266. The molecule has 15 heteroatoms. The van der Waals surface area contributed by atoms with Crippen LogP contribution in [0, 0.1) is 11.3 Å². The molecule has 0 aliphatic rings. The first-order valence-electron chi connectivity index (χ1n) is 10.5. The largest absolute Gasteiger partial charge is 0.550 e. The fourth-order valence-corrected chi connectivity index (χ4v) is 3.32. The molecule has 0 aliphatic carbocycles. The summed E-state index contributed by atoms with van der Waals surface area (Å²) in [4.78, 5) is 47.2. The number of halogens is 2. The van der Waals surface area contributed by atoms with Crippen LogP contribution < -0.4 is 20.9 Å². The van der Waals surface area contributed by atoms with E-state index in [-0.39, 0.29) is 39.2 Å². The summed E-state index contributed by atoms with van der Waals surface area (Å²) < 4.78 is 11.5. The van der Waals surface area contributed by atoms with E-state index in [0.717, 1.165) is 4.68 Å². The molecule has 2 heterocycles. The van der Waals surface area contributed by atoms with Crippen LogP contribution in [0.25, 0.3) is 5.69 Å². The fraction of sp³-hybridized carbons (Fsp3) is 0.318. The standard InChI is InChI=1S/C22H20Cl2N6O7/c1-10(2)12-8-16(27-28-19(12)36-37-21(33)35-22(3,4)5)34-17-13(23)6-11(7-14(17)24)30-20(32)26-18(31)15(9-25)29-30/h6-8,10H,1-5H3,(H,26,31,32). The summed E-state index contributed by atoms with van der Waals surface area (Å²) in [6.45, 7) is 8.67. The van der Waals surface area contributed by atoms with Crippen LogP contribution in [0.5, 0.6) is 17.5 Å². The van der Waals surface area contributed by atoms with Crippen LogP contribution >= 0.6 is 23.2 Å². The number of aromatic amines is 1. The van der Waals surface area contributed by atoms with Crippen molar-refractivity contribution in [2.24, 2.45) is 0 Å². The first-order valence-corrected chi connectivity index (χ1v) is 11.3. The molecule has 3 rings (SSSR count). The minimum atomic E-state index is -1.05. The first kappa shape index (κ1) is 27.4. The topological polar surface area (TPSA) is 171 Å². The van der Waals surface area contributed by atoms with Gasteiger partial charge in [0.05, 0.1) is 15.7 Å². The molecule has 0 saturated carbocycles. The van der Waals surface area contributed by atoms with Crippen LogP contribution in [0.4, 0.5) is 4.79 Å².